The topological polar surface area (TPSA) is 43.8 Å². The summed E-state index contributed by atoms with van der Waals surface area (Å²) in [5.74, 6) is -0.564. The standard InChI is InChI=1S/C24H29FN2O2/c1-16-11-19(20-13-27(14-20)23-6-4-3-5-22(23)25)12-17(2)21(16)15-26-9-7-18(8-10-26)24(28)29/h3-6,11-12,18,20H,7-10,13-15H2,1-2H3,(H,28,29). The van der Waals surface area contributed by atoms with Crippen molar-refractivity contribution in [3.05, 3.63) is 64.5 Å². The Balaban J connectivity index is 1.40. The lowest BCUT2D eigenvalue weighted by Gasteiger charge is -2.42. The van der Waals surface area contributed by atoms with E-state index in [1.165, 1.54) is 28.3 Å². The number of halogens is 1. The lowest BCUT2D eigenvalue weighted by molar-refractivity contribution is -0.143. The van der Waals surface area contributed by atoms with Crippen molar-refractivity contribution >= 4 is 11.7 Å². The minimum absolute atomic E-state index is 0.152. The Hall–Kier alpha value is -2.40. The first-order valence-corrected chi connectivity index (χ1v) is 10.5. The molecule has 2 aromatic rings. The van der Waals surface area contributed by atoms with Gasteiger partial charge >= 0.3 is 5.97 Å². The van der Waals surface area contributed by atoms with E-state index in [-0.39, 0.29) is 11.7 Å². The van der Waals surface area contributed by atoms with Crippen LogP contribution in [0.5, 0.6) is 0 Å². The summed E-state index contributed by atoms with van der Waals surface area (Å²) in [4.78, 5) is 15.6. The van der Waals surface area contributed by atoms with Gasteiger partial charge in [0.25, 0.3) is 0 Å². The fourth-order valence-corrected chi connectivity index (χ4v) is 4.67. The van der Waals surface area contributed by atoms with Crippen LogP contribution in [0, 0.1) is 25.6 Å². The number of rotatable bonds is 5. The number of anilines is 1. The molecule has 4 rings (SSSR count). The molecule has 0 aliphatic carbocycles. The van der Waals surface area contributed by atoms with E-state index in [2.05, 4.69) is 35.8 Å². The van der Waals surface area contributed by atoms with E-state index >= 15 is 0 Å². The van der Waals surface area contributed by atoms with Crippen LogP contribution in [0.15, 0.2) is 36.4 Å². The van der Waals surface area contributed by atoms with Crippen LogP contribution in [0.4, 0.5) is 10.1 Å². The summed E-state index contributed by atoms with van der Waals surface area (Å²) < 4.78 is 14.0. The van der Waals surface area contributed by atoms with Crippen molar-refractivity contribution in [1.29, 1.82) is 0 Å². The highest BCUT2D eigenvalue weighted by atomic mass is 19.1. The van der Waals surface area contributed by atoms with Crippen molar-refractivity contribution in [3.8, 4) is 0 Å². The monoisotopic (exact) mass is 396 g/mol. The Morgan fingerprint density at radius 1 is 1.10 bits per heavy atom. The molecule has 2 saturated heterocycles. The van der Waals surface area contributed by atoms with Gasteiger partial charge in [-0.25, -0.2) is 4.39 Å². The molecule has 0 bridgehead atoms. The average Bonchev–Trinajstić information content (AvgIpc) is 2.65. The lowest BCUT2D eigenvalue weighted by atomic mass is 9.86. The first kappa shape index (κ1) is 19.9. The van der Waals surface area contributed by atoms with Gasteiger partial charge in [0.1, 0.15) is 5.82 Å². The van der Waals surface area contributed by atoms with Gasteiger partial charge in [-0.15, -0.1) is 0 Å². The van der Waals surface area contributed by atoms with Crippen LogP contribution in [0.1, 0.15) is 41.0 Å². The maximum Gasteiger partial charge on any atom is 0.306 e. The van der Waals surface area contributed by atoms with E-state index in [4.69, 9.17) is 0 Å². The van der Waals surface area contributed by atoms with Gasteiger partial charge in [-0.1, -0.05) is 24.3 Å². The lowest BCUT2D eigenvalue weighted by Crippen LogP contribution is -2.45. The molecule has 154 valence electrons. The summed E-state index contributed by atoms with van der Waals surface area (Å²) in [5, 5.41) is 9.18. The van der Waals surface area contributed by atoms with Gasteiger partial charge in [0.2, 0.25) is 0 Å². The number of nitrogens with zero attached hydrogens (tertiary/aromatic N) is 2. The number of hydrogen-bond donors (Lipinski definition) is 1. The second-order valence-corrected chi connectivity index (χ2v) is 8.58. The molecule has 2 heterocycles. The predicted octanol–water partition coefficient (Wildman–Crippen LogP) is 4.34. The third-order valence-corrected chi connectivity index (χ3v) is 6.58. The third-order valence-electron chi connectivity index (χ3n) is 6.58. The molecular formula is C24H29FN2O2. The van der Waals surface area contributed by atoms with Crippen molar-refractivity contribution in [2.75, 3.05) is 31.1 Å². The summed E-state index contributed by atoms with van der Waals surface area (Å²) in [7, 11) is 0. The molecule has 2 fully saturated rings. The first-order chi connectivity index (χ1) is 13.9. The normalized spacial score (nSPS) is 18.7. The second-order valence-electron chi connectivity index (χ2n) is 8.58. The maximum absolute atomic E-state index is 14.0. The fraction of sp³-hybridized carbons (Fsp3) is 0.458. The maximum atomic E-state index is 14.0. The molecule has 2 aliphatic rings. The number of benzene rings is 2. The van der Waals surface area contributed by atoms with Gasteiger partial charge in [-0.3, -0.25) is 9.69 Å². The van der Waals surface area contributed by atoms with Crippen LogP contribution >= 0.6 is 0 Å². The third kappa shape index (κ3) is 4.15. The van der Waals surface area contributed by atoms with Crippen LogP contribution in [0.2, 0.25) is 0 Å². The highest BCUT2D eigenvalue weighted by Gasteiger charge is 2.30. The minimum atomic E-state index is -0.661. The van der Waals surface area contributed by atoms with Gasteiger partial charge in [-0.2, -0.15) is 0 Å². The van der Waals surface area contributed by atoms with Gasteiger partial charge in [0, 0.05) is 25.6 Å². The molecule has 2 aliphatic heterocycles. The van der Waals surface area contributed by atoms with E-state index in [0.29, 0.717) is 11.6 Å². The molecule has 4 nitrogen and oxygen atoms in total. The molecule has 0 spiro atoms. The molecule has 0 radical (unpaired) electrons. The van der Waals surface area contributed by atoms with Gasteiger partial charge in [0.05, 0.1) is 11.6 Å². The van der Waals surface area contributed by atoms with Crippen molar-refractivity contribution in [2.45, 2.75) is 39.2 Å². The Morgan fingerprint density at radius 3 is 2.31 bits per heavy atom. The van der Waals surface area contributed by atoms with Gasteiger partial charge in [0.15, 0.2) is 0 Å². The Bertz CT molecular complexity index is 876. The molecule has 0 atom stereocenters. The summed E-state index contributed by atoms with van der Waals surface area (Å²) in [6.45, 7) is 8.61. The largest absolute Gasteiger partial charge is 0.481 e. The summed E-state index contributed by atoms with van der Waals surface area (Å²) >= 11 is 0. The van der Waals surface area contributed by atoms with Gasteiger partial charge < -0.3 is 10.0 Å². The Labute approximate surface area is 171 Å². The smallest absolute Gasteiger partial charge is 0.306 e. The van der Waals surface area contributed by atoms with Crippen molar-refractivity contribution in [2.24, 2.45) is 5.92 Å². The van der Waals surface area contributed by atoms with Gasteiger partial charge in [-0.05, 0) is 74.2 Å². The molecule has 2 aromatic carbocycles. The molecule has 1 N–H and O–H groups in total. The number of carbonyl (C=O) groups is 1. The number of likely N-dealkylation sites (tertiary alicyclic amines) is 1. The molecule has 0 aromatic heterocycles. The molecule has 29 heavy (non-hydrogen) atoms. The summed E-state index contributed by atoms with van der Waals surface area (Å²) in [6, 6.07) is 11.6. The Morgan fingerprint density at radius 2 is 1.72 bits per heavy atom. The number of carboxylic acid groups (broad SMARTS) is 1. The molecule has 5 heteroatoms. The van der Waals surface area contributed by atoms with Crippen LogP contribution in [0.3, 0.4) is 0 Å². The van der Waals surface area contributed by atoms with E-state index in [0.717, 1.165) is 45.6 Å². The van der Waals surface area contributed by atoms with Crippen LogP contribution < -0.4 is 4.90 Å². The van der Waals surface area contributed by atoms with Crippen molar-refractivity contribution in [1.82, 2.24) is 4.90 Å². The number of piperidine rings is 1. The number of para-hydroxylation sites is 1. The molecule has 0 amide bonds. The number of aliphatic carboxylic acids is 1. The zero-order valence-electron chi connectivity index (χ0n) is 17.2. The Kier molecular flexibility index (Phi) is 5.59. The molecule has 0 unspecified atom stereocenters. The quantitative estimate of drug-likeness (QED) is 0.816. The summed E-state index contributed by atoms with van der Waals surface area (Å²) in [5.41, 5.74) is 5.97. The SMILES string of the molecule is Cc1cc(C2CN(c3ccccc3F)C2)cc(C)c1CN1CCC(C(=O)O)CC1. The average molecular weight is 397 g/mol. The number of aryl methyl sites for hydroxylation is 2. The van der Waals surface area contributed by atoms with E-state index in [1.807, 2.05) is 12.1 Å². The summed E-state index contributed by atoms with van der Waals surface area (Å²) in [6.07, 6.45) is 1.47. The zero-order chi connectivity index (χ0) is 20.5. The van der Waals surface area contributed by atoms with E-state index < -0.39 is 5.97 Å². The van der Waals surface area contributed by atoms with Crippen LogP contribution in [0.25, 0.3) is 0 Å². The highest BCUT2D eigenvalue weighted by molar-refractivity contribution is 5.70. The van der Waals surface area contributed by atoms with Crippen molar-refractivity contribution < 1.29 is 14.3 Å². The second kappa shape index (κ2) is 8.15. The first-order valence-electron chi connectivity index (χ1n) is 10.5. The number of hydrogen-bond acceptors (Lipinski definition) is 3. The fourth-order valence-electron chi connectivity index (χ4n) is 4.67. The van der Waals surface area contributed by atoms with Crippen molar-refractivity contribution in [3.63, 3.8) is 0 Å². The molecule has 0 saturated carbocycles. The van der Waals surface area contributed by atoms with Crippen LogP contribution in [-0.4, -0.2) is 42.2 Å². The van der Waals surface area contributed by atoms with Crippen LogP contribution in [-0.2, 0) is 11.3 Å². The molecular weight excluding hydrogens is 367 g/mol. The van der Waals surface area contributed by atoms with E-state index in [1.54, 1.807) is 6.07 Å². The minimum Gasteiger partial charge on any atom is -0.481 e. The zero-order valence-corrected chi connectivity index (χ0v) is 17.2. The predicted molar refractivity (Wildman–Crippen MR) is 113 cm³/mol. The highest BCUT2D eigenvalue weighted by Crippen LogP contribution is 2.34. The van der Waals surface area contributed by atoms with E-state index in [9.17, 15) is 14.3 Å². The number of carboxylic acids is 1.